The van der Waals surface area contributed by atoms with Crippen LogP contribution in [0.25, 0.3) is 0 Å². The molecule has 1 aliphatic rings. The summed E-state index contributed by atoms with van der Waals surface area (Å²) in [4.78, 5) is 7.15. The van der Waals surface area contributed by atoms with E-state index in [1.54, 1.807) is 0 Å². The van der Waals surface area contributed by atoms with Crippen LogP contribution in [0.3, 0.4) is 0 Å². The molecule has 0 saturated heterocycles. The van der Waals surface area contributed by atoms with Crippen LogP contribution in [0.15, 0.2) is 58.4 Å². The SMILES string of the molecule is CN(C)C1(N(C)C)C=CC(Sc2ccccc2)=CC1. The van der Waals surface area contributed by atoms with Crippen LogP contribution >= 0.6 is 11.8 Å². The summed E-state index contributed by atoms with van der Waals surface area (Å²) in [6.07, 6.45) is 7.88. The zero-order valence-electron chi connectivity index (χ0n) is 12.1. The Hall–Kier alpha value is -1.03. The van der Waals surface area contributed by atoms with Crippen molar-refractivity contribution >= 4 is 11.8 Å². The van der Waals surface area contributed by atoms with Crippen LogP contribution in [0.1, 0.15) is 6.42 Å². The van der Waals surface area contributed by atoms with E-state index in [1.165, 1.54) is 9.80 Å². The summed E-state index contributed by atoms with van der Waals surface area (Å²) in [5, 5.41) is 0. The summed E-state index contributed by atoms with van der Waals surface area (Å²) in [5.41, 5.74) is 0.000742. The summed E-state index contributed by atoms with van der Waals surface area (Å²) in [5.74, 6) is 0. The van der Waals surface area contributed by atoms with Crippen LogP contribution in [-0.2, 0) is 0 Å². The van der Waals surface area contributed by atoms with Gasteiger partial charge in [-0.3, -0.25) is 9.80 Å². The molecule has 0 aromatic heterocycles. The van der Waals surface area contributed by atoms with E-state index in [9.17, 15) is 0 Å². The molecule has 102 valence electrons. The number of benzene rings is 1. The number of rotatable bonds is 4. The first kappa shape index (κ1) is 14.4. The van der Waals surface area contributed by atoms with Crippen molar-refractivity contribution in [1.82, 2.24) is 9.80 Å². The van der Waals surface area contributed by atoms with Gasteiger partial charge in [-0.1, -0.05) is 36.0 Å². The van der Waals surface area contributed by atoms with Crippen molar-refractivity contribution in [3.8, 4) is 0 Å². The molecule has 0 amide bonds. The minimum absolute atomic E-state index is 0.000742. The van der Waals surface area contributed by atoms with Gasteiger partial charge in [0.15, 0.2) is 0 Å². The lowest BCUT2D eigenvalue weighted by Crippen LogP contribution is -2.53. The number of likely N-dealkylation sites (N-methyl/N-ethyl adjacent to an activating group) is 2. The van der Waals surface area contributed by atoms with Gasteiger partial charge >= 0.3 is 0 Å². The van der Waals surface area contributed by atoms with E-state index in [4.69, 9.17) is 0 Å². The molecule has 19 heavy (non-hydrogen) atoms. The van der Waals surface area contributed by atoms with E-state index in [0.29, 0.717) is 0 Å². The summed E-state index contributed by atoms with van der Waals surface area (Å²) in [6, 6.07) is 10.5. The van der Waals surface area contributed by atoms with Crippen LogP contribution < -0.4 is 0 Å². The maximum absolute atomic E-state index is 2.33. The van der Waals surface area contributed by atoms with Gasteiger partial charge in [0.25, 0.3) is 0 Å². The fourth-order valence-electron chi connectivity index (χ4n) is 2.37. The molecule has 0 N–H and O–H groups in total. The third-order valence-electron chi connectivity index (χ3n) is 3.65. The third-order valence-corrected chi connectivity index (χ3v) is 4.69. The first-order valence-electron chi connectivity index (χ1n) is 6.52. The number of allylic oxidation sites excluding steroid dienone is 1. The van der Waals surface area contributed by atoms with Gasteiger partial charge in [-0.2, -0.15) is 0 Å². The molecule has 1 aliphatic carbocycles. The van der Waals surface area contributed by atoms with Gasteiger partial charge in [-0.25, -0.2) is 0 Å². The molecule has 0 radical (unpaired) electrons. The molecule has 0 aliphatic heterocycles. The highest BCUT2D eigenvalue weighted by molar-refractivity contribution is 8.03. The Labute approximate surface area is 120 Å². The monoisotopic (exact) mass is 274 g/mol. The average molecular weight is 274 g/mol. The molecule has 0 unspecified atom stereocenters. The fraction of sp³-hybridized carbons (Fsp3) is 0.375. The Balaban J connectivity index is 2.10. The van der Waals surface area contributed by atoms with Crippen LogP contribution in [0.4, 0.5) is 0 Å². The molecule has 0 saturated carbocycles. The van der Waals surface area contributed by atoms with Crippen molar-refractivity contribution in [3.05, 3.63) is 53.5 Å². The molecule has 1 aromatic carbocycles. The quantitative estimate of drug-likeness (QED) is 0.777. The molecule has 0 fully saturated rings. The zero-order valence-corrected chi connectivity index (χ0v) is 12.9. The highest BCUT2D eigenvalue weighted by Gasteiger charge is 2.32. The predicted octanol–water partition coefficient (Wildman–Crippen LogP) is 3.44. The predicted molar refractivity (Wildman–Crippen MR) is 84.2 cm³/mol. The summed E-state index contributed by atoms with van der Waals surface area (Å²) in [6.45, 7) is 0. The van der Waals surface area contributed by atoms with Gasteiger partial charge in [0.2, 0.25) is 0 Å². The normalized spacial score (nSPS) is 17.9. The Bertz CT molecular complexity index is 467. The molecule has 3 heteroatoms. The number of nitrogens with zero attached hydrogens (tertiary/aromatic N) is 2. The molecule has 0 spiro atoms. The maximum atomic E-state index is 2.33. The van der Waals surface area contributed by atoms with E-state index in [0.717, 1.165) is 6.42 Å². The average Bonchev–Trinajstić information content (AvgIpc) is 2.40. The van der Waals surface area contributed by atoms with Crippen molar-refractivity contribution in [2.24, 2.45) is 0 Å². The topological polar surface area (TPSA) is 6.48 Å². The molecule has 1 aromatic rings. The standard InChI is InChI=1S/C16H22N2S/c1-17(2)16(18(3)4)12-10-15(11-13-16)19-14-8-6-5-7-9-14/h5-12H,13H2,1-4H3. The van der Waals surface area contributed by atoms with E-state index in [2.05, 4.69) is 86.6 Å². The minimum Gasteiger partial charge on any atom is -0.288 e. The van der Waals surface area contributed by atoms with Crippen LogP contribution in [-0.4, -0.2) is 43.7 Å². The van der Waals surface area contributed by atoms with Gasteiger partial charge in [0.05, 0.1) is 5.66 Å². The van der Waals surface area contributed by atoms with Crippen LogP contribution in [0, 0.1) is 0 Å². The lowest BCUT2D eigenvalue weighted by Gasteiger charge is -2.44. The van der Waals surface area contributed by atoms with E-state index in [1.807, 2.05) is 11.8 Å². The van der Waals surface area contributed by atoms with Gasteiger partial charge < -0.3 is 0 Å². The lowest BCUT2D eigenvalue weighted by molar-refractivity contribution is 0.0520. The summed E-state index contributed by atoms with van der Waals surface area (Å²) in [7, 11) is 8.53. The first-order chi connectivity index (χ1) is 9.04. The molecular weight excluding hydrogens is 252 g/mol. The number of thioether (sulfide) groups is 1. The van der Waals surface area contributed by atoms with Crippen molar-refractivity contribution in [2.75, 3.05) is 28.2 Å². The maximum Gasteiger partial charge on any atom is 0.0958 e. The Morgan fingerprint density at radius 1 is 1.00 bits per heavy atom. The number of hydrogen-bond donors (Lipinski definition) is 0. The molecule has 2 nitrogen and oxygen atoms in total. The van der Waals surface area contributed by atoms with Gasteiger partial charge in [0.1, 0.15) is 0 Å². The highest BCUT2D eigenvalue weighted by Crippen LogP contribution is 2.34. The van der Waals surface area contributed by atoms with Crippen molar-refractivity contribution in [3.63, 3.8) is 0 Å². The zero-order chi connectivity index (χ0) is 13.9. The molecular formula is C16H22N2S. The molecule has 0 bridgehead atoms. The number of hydrogen-bond acceptors (Lipinski definition) is 3. The molecule has 0 atom stereocenters. The van der Waals surface area contributed by atoms with Crippen LogP contribution in [0.2, 0.25) is 0 Å². The van der Waals surface area contributed by atoms with Crippen molar-refractivity contribution in [1.29, 1.82) is 0 Å². The Morgan fingerprint density at radius 2 is 1.63 bits per heavy atom. The Kier molecular flexibility index (Phi) is 4.50. The second-order valence-corrected chi connectivity index (χ2v) is 6.37. The minimum atomic E-state index is 0.000742. The first-order valence-corrected chi connectivity index (χ1v) is 7.33. The van der Waals surface area contributed by atoms with E-state index >= 15 is 0 Å². The molecule has 2 rings (SSSR count). The van der Waals surface area contributed by atoms with Gasteiger partial charge in [-0.05, 0) is 52.5 Å². The summed E-state index contributed by atoms with van der Waals surface area (Å²) < 4.78 is 0. The van der Waals surface area contributed by atoms with Crippen molar-refractivity contribution < 1.29 is 0 Å². The largest absolute Gasteiger partial charge is 0.288 e. The van der Waals surface area contributed by atoms with E-state index < -0.39 is 0 Å². The lowest BCUT2D eigenvalue weighted by atomic mass is 9.98. The fourth-order valence-corrected chi connectivity index (χ4v) is 3.23. The highest BCUT2D eigenvalue weighted by atomic mass is 32.2. The van der Waals surface area contributed by atoms with Crippen LogP contribution in [0.5, 0.6) is 0 Å². The van der Waals surface area contributed by atoms with Crippen molar-refractivity contribution in [2.45, 2.75) is 17.0 Å². The Morgan fingerprint density at radius 3 is 2.11 bits per heavy atom. The smallest absolute Gasteiger partial charge is 0.0958 e. The summed E-state index contributed by atoms with van der Waals surface area (Å²) >= 11 is 1.83. The third kappa shape index (κ3) is 3.11. The van der Waals surface area contributed by atoms with Gasteiger partial charge in [0, 0.05) is 16.2 Å². The van der Waals surface area contributed by atoms with Gasteiger partial charge in [-0.15, -0.1) is 0 Å². The second-order valence-electron chi connectivity index (χ2n) is 5.23. The second kappa shape index (κ2) is 5.95. The van der Waals surface area contributed by atoms with E-state index in [-0.39, 0.29) is 5.66 Å². The molecule has 0 heterocycles.